The van der Waals surface area contributed by atoms with E-state index >= 15 is 0 Å². The maximum atomic E-state index is 12.9. The molecule has 0 bridgehead atoms. The lowest BCUT2D eigenvalue weighted by molar-refractivity contribution is 0.571. The second kappa shape index (κ2) is 7.59. The van der Waals surface area contributed by atoms with Gasteiger partial charge in [0.15, 0.2) is 5.82 Å². The van der Waals surface area contributed by atoms with E-state index in [1.807, 2.05) is 42.5 Å². The molecule has 0 aliphatic heterocycles. The van der Waals surface area contributed by atoms with Gasteiger partial charge in [-0.1, -0.05) is 76.4 Å². The predicted molar refractivity (Wildman–Crippen MR) is 128 cm³/mol. The van der Waals surface area contributed by atoms with Crippen molar-refractivity contribution >= 4 is 61.5 Å². The summed E-state index contributed by atoms with van der Waals surface area (Å²) in [4.78, 5) is 18.0. The number of nitrogens with zero attached hydrogens (tertiary/aromatic N) is 3. The minimum absolute atomic E-state index is 0.0539. The highest BCUT2D eigenvalue weighted by Crippen LogP contribution is 2.64. The molecule has 0 N–H and O–H groups in total. The van der Waals surface area contributed by atoms with Crippen LogP contribution in [0.1, 0.15) is 31.4 Å². The van der Waals surface area contributed by atoms with Gasteiger partial charge in [-0.25, -0.2) is 4.98 Å². The molecule has 1 saturated carbocycles. The normalized spacial score (nSPS) is 20.4. The summed E-state index contributed by atoms with van der Waals surface area (Å²) in [6.45, 7) is 4.23. The molecule has 5 rings (SSSR count). The van der Waals surface area contributed by atoms with Crippen molar-refractivity contribution in [2.24, 2.45) is 11.3 Å². The van der Waals surface area contributed by atoms with Crippen molar-refractivity contribution in [1.29, 1.82) is 0 Å². The number of furan rings is 1. The Hall–Kier alpha value is -1.93. The number of halogens is 3. The third-order valence-electron chi connectivity index (χ3n) is 5.72. The van der Waals surface area contributed by atoms with Crippen molar-refractivity contribution in [3.63, 3.8) is 0 Å². The van der Waals surface area contributed by atoms with Crippen LogP contribution in [0.5, 0.6) is 0 Å². The zero-order valence-electron chi connectivity index (χ0n) is 16.5. The summed E-state index contributed by atoms with van der Waals surface area (Å²) >= 11 is 16.4. The summed E-state index contributed by atoms with van der Waals surface area (Å²) in [5, 5.41) is 4.48. The molecule has 3 aromatic heterocycles. The summed E-state index contributed by atoms with van der Waals surface area (Å²) < 4.78 is 9.03. The molecule has 31 heavy (non-hydrogen) atoms. The summed E-state index contributed by atoms with van der Waals surface area (Å²) in [5.41, 5.74) is 0.702. The Morgan fingerprint density at radius 1 is 1.23 bits per heavy atom. The summed E-state index contributed by atoms with van der Waals surface area (Å²) in [5.74, 6) is 2.21. The van der Waals surface area contributed by atoms with Crippen LogP contribution in [0.15, 0.2) is 60.7 Å². The van der Waals surface area contributed by atoms with E-state index in [-0.39, 0.29) is 27.3 Å². The molecule has 0 radical (unpaired) electrons. The van der Waals surface area contributed by atoms with Crippen LogP contribution in [-0.4, -0.2) is 14.6 Å². The van der Waals surface area contributed by atoms with E-state index in [9.17, 15) is 4.79 Å². The van der Waals surface area contributed by atoms with Gasteiger partial charge in [0.1, 0.15) is 20.5 Å². The van der Waals surface area contributed by atoms with E-state index in [1.165, 1.54) is 15.9 Å². The van der Waals surface area contributed by atoms with Gasteiger partial charge in [0.05, 0.1) is 0 Å². The number of allylic oxidation sites excluding steroid dienone is 1. The van der Waals surface area contributed by atoms with Gasteiger partial charge < -0.3 is 4.42 Å². The Labute approximate surface area is 200 Å². The third kappa shape index (κ3) is 3.78. The molecule has 1 aliphatic rings. The van der Waals surface area contributed by atoms with Crippen LogP contribution >= 0.6 is 50.5 Å². The maximum absolute atomic E-state index is 12.9. The van der Waals surface area contributed by atoms with Gasteiger partial charge in [-0.15, -0.1) is 5.10 Å². The first-order valence-corrected chi connectivity index (χ1v) is 11.9. The van der Waals surface area contributed by atoms with E-state index in [2.05, 4.69) is 39.9 Å². The van der Waals surface area contributed by atoms with Crippen LogP contribution in [0.4, 0.5) is 0 Å². The van der Waals surface area contributed by atoms with Crippen LogP contribution in [-0.2, 0) is 0 Å². The summed E-state index contributed by atoms with van der Waals surface area (Å²) in [6, 6.07) is 11.6. The third-order valence-corrected chi connectivity index (χ3v) is 7.46. The average molecular weight is 537 g/mol. The number of aromatic nitrogens is 3. The lowest BCUT2D eigenvalue weighted by Gasteiger charge is -1.97. The van der Waals surface area contributed by atoms with Crippen LogP contribution in [0, 0.1) is 11.3 Å². The molecule has 1 aromatic carbocycles. The second-order valence-electron chi connectivity index (χ2n) is 8.07. The van der Waals surface area contributed by atoms with E-state index < -0.39 is 0 Å². The van der Waals surface area contributed by atoms with Crippen LogP contribution in [0.3, 0.4) is 0 Å². The smallest absolute Gasteiger partial charge is 0.291 e. The molecule has 1 fully saturated rings. The fraction of sp³-hybridized carbons (Fsp3) is 0.227. The molecule has 0 spiro atoms. The van der Waals surface area contributed by atoms with Gasteiger partial charge in [-0.2, -0.15) is 4.52 Å². The molecular formula is C22H16BrCl2N3O2S. The predicted octanol–water partition coefficient (Wildman–Crippen LogP) is 5.78. The Morgan fingerprint density at radius 2 is 1.97 bits per heavy atom. The van der Waals surface area contributed by atoms with Crippen molar-refractivity contribution in [2.75, 3.05) is 0 Å². The minimum Gasteiger partial charge on any atom is -0.457 e. The molecule has 3 heterocycles. The monoisotopic (exact) mass is 535 g/mol. The fourth-order valence-corrected chi connectivity index (χ4v) is 5.36. The first-order valence-electron chi connectivity index (χ1n) is 9.54. The molecule has 158 valence electrons. The molecule has 0 amide bonds. The molecular weight excluding hydrogens is 521 g/mol. The average Bonchev–Trinajstić information content (AvgIpc) is 3.17. The fourth-order valence-electron chi connectivity index (χ4n) is 3.93. The largest absolute Gasteiger partial charge is 0.457 e. The Bertz CT molecular complexity index is 1430. The first kappa shape index (κ1) is 20.9. The Kier molecular flexibility index (Phi) is 5.13. The molecule has 0 unspecified atom stereocenters. The lowest BCUT2D eigenvalue weighted by atomic mass is 10.1. The van der Waals surface area contributed by atoms with Crippen molar-refractivity contribution in [1.82, 2.24) is 14.6 Å². The van der Waals surface area contributed by atoms with Crippen molar-refractivity contribution < 1.29 is 4.42 Å². The Morgan fingerprint density at radius 3 is 2.65 bits per heavy atom. The molecule has 1 aliphatic carbocycles. The van der Waals surface area contributed by atoms with Crippen molar-refractivity contribution in [2.45, 2.75) is 19.8 Å². The van der Waals surface area contributed by atoms with Gasteiger partial charge in [0.25, 0.3) is 5.56 Å². The number of rotatable bonds is 4. The van der Waals surface area contributed by atoms with Crippen molar-refractivity contribution in [3.05, 3.63) is 77.9 Å². The molecule has 5 nitrogen and oxygen atoms in total. The topological polar surface area (TPSA) is 60.4 Å². The summed E-state index contributed by atoms with van der Waals surface area (Å²) in [6.07, 6.45) is 3.55. The highest BCUT2D eigenvalue weighted by Gasteiger charge is 2.59. The highest BCUT2D eigenvalue weighted by atomic mass is 79.9. The first-order chi connectivity index (χ1) is 14.7. The number of hydrogen-bond acceptors (Lipinski definition) is 5. The lowest BCUT2D eigenvalue weighted by Crippen LogP contribution is -2.23. The number of benzene rings is 1. The standard InChI is InChI=1S/C22H16BrCl2N3O2S/c1-22(2)14(10-17(24)25)18(22)19-26-21-28(27-19)20(29)16(31-21)9-13-7-8-15(30-13)11-3-5-12(23)6-4-11/h3-10,14,18H,1-2H3/b16-9+/t14-,18-/m1/s1. The zero-order chi connectivity index (χ0) is 21.9. The van der Waals surface area contributed by atoms with Gasteiger partial charge in [0.2, 0.25) is 4.96 Å². The molecule has 2 atom stereocenters. The number of fused-ring (bicyclic) bond motifs is 1. The number of thiazole rings is 1. The summed E-state index contributed by atoms with van der Waals surface area (Å²) in [7, 11) is 0. The maximum Gasteiger partial charge on any atom is 0.291 e. The van der Waals surface area contributed by atoms with E-state index in [1.54, 1.807) is 6.08 Å². The molecule has 0 saturated heterocycles. The molecule has 4 aromatic rings. The second-order valence-corrected chi connectivity index (χ2v) is 11.0. The van der Waals surface area contributed by atoms with Gasteiger partial charge in [0, 0.05) is 22.0 Å². The van der Waals surface area contributed by atoms with E-state index in [0.29, 0.717) is 21.1 Å². The van der Waals surface area contributed by atoms with Gasteiger partial charge in [-0.3, -0.25) is 4.79 Å². The minimum atomic E-state index is -0.207. The zero-order valence-corrected chi connectivity index (χ0v) is 20.4. The number of hydrogen-bond donors (Lipinski definition) is 0. The molecule has 9 heteroatoms. The SMILES string of the molecule is CC1(C)[C@H](C=C(Cl)Cl)[C@@H]1c1nc2s/c(=C/c3ccc(-c4ccc(Br)cc4)o3)c(=O)n2n1. The highest BCUT2D eigenvalue weighted by molar-refractivity contribution is 9.10. The van der Waals surface area contributed by atoms with Crippen LogP contribution in [0.25, 0.3) is 22.4 Å². The Balaban J connectivity index is 1.46. The van der Waals surface area contributed by atoms with Crippen molar-refractivity contribution in [3.8, 4) is 11.3 Å². The van der Waals surface area contributed by atoms with Crippen LogP contribution in [0.2, 0.25) is 0 Å². The van der Waals surface area contributed by atoms with E-state index in [4.69, 9.17) is 27.6 Å². The van der Waals surface area contributed by atoms with Gasteiger partial charge >= 0.3 is 0 Å². The van der Waals surface area contributed by atoms with Gasteiger partial charge in [-0.05, 0) is 41.7 Å². The van der Waals surface area contributed by atoms with E-state index in [0.717, 1.165) is 15.8 Å². The van der Waals surface area contributed by atoms with Crippen LogP contribution < -0.4 is 10.1 Å². The quantitative estimate of drug-likeness (QED) is 0.331.